The number of benzene rings is 2. The second-order valence-corrected chi connectivity index (χ2v) is 6.49. The molecule has 0 saturated heterocycles. The van der Waals surface area contributed by atoms with Gasteiger partial charge in [0.25, 0.3) is 0 Å². The van der Waals surface area contributed by atoms with Crippen LogP contribution in [0.3, 0.4) is 0 Å². The fourth-order valence-corrected chi connectivity index (χ4v) is 3.69. The van der Waals surface area contributed by atoms with Crippen molar-refractivity contribution in [2.45, 2.75) is 6.92 Å². The van der Waals surface area contributed by atoms with E-state index in [2.05, 4.69) is 36.8 Å². The lowest BCUT2D eigenvalue weighted by molar-refractivity contribution is 0.103. The molecule has 0 saturated carbocycles. The normalized spacial score (nSPS) is 10.9. The predicted octanol–water partition coefficient (Wildman–Crippen LogP) is 5.23. The molecule has 2 aromatic carbocycles. The molecular weight excluding hydrogens is 382 g/mol. The molecule has 4 heteroatoms. The van der Waals surface area contributed by atoms with Gasteiger partial charge >= 0.3 is 0 Å². The van der Waals surface area contributed by atoms with E-state index in [1.807, 2.05) is 49.4 Å². The van der Waals surface area contributed by atoms with Gasteiger partial charge in [0.2, 0.25) is 0 Å². The first-order valence-corrected chi connectivity index (χ1v) is 7.73. The van der Waals surface area contributed by atoms with E-state index in [0.717, 1.165) is 31.1 Å². The van der Waals surface area contributed by atoms with E-state index in [9.17, 15) is 4.79 Å². The van der Waals surface area contributed by atoms with Crippen molar-refractivity contribution in [2.24, 2.45) is 0 Å². The number of aromatic nitrogens is 1. The SMILES string of the molecule is Cc1[nH]c2ccccc2c1C(=O)c1cc(Br)cc(Br)c1. The van der Waals surface area contributed by atoms with Crippen LogP contribution in [-0.4, -0.2) is 10.8 Å². The van der Waals surface area contributed by atoms with Crippen molar-refractivity contribution in [3.63, 3.8) is 0 Å². The minimum atomic E-state index is 0.0296. The van der Waals surface area contributed by atoms with Crippen molar-refractivity contribution in [2.75, 3.05) is 0 Å². The minimum Gasteiger partial charge on any atom is -0.358 e. The third-order valence-corrected chi connectivity index (χ3v) is 4.16. The summed E-state index contributed by atoms with van der Waals surface area (Å²) in [7, 11) is 0. The van der Waals surface area contributed by atoms with Crippen LogP contribution < -0.4 is 0 Å². The highest BCUT2D eigenvalue weighted by molar-refractivity contribution is 9.11. The molecule has 0 bridgehead atoms. The zero-order valence-corrected chi connectivity index (χ0v) is 13.9. The van der Waals surface area contributed by atoms with Crippen LogP contribution >= 0.6 is 31.9 Å². The summed E-state index contributed by atoms with van der Waals surface area (Å²) < 4.78 is 1.76. The van der Waals surface area contributed by atoms with Gasteiger partial charge in [-0.25, -0.2) is 0 Å². The first-order chi connectivity index (χ1) is 9.56. The van der Waals surface area contributed by atoms with Crippen LogP contribution in [-0.2, 0) is 0 Å². The van der Waals surface area contributed by atoms with Gasteiger partial charge in [0, 0.05) is 31.1 Å². The zero-order chi connectivity index (χ0) is 14.3. The van der Waals surface area contributed by atoms with Crippen LogP contribution in [0.15, 0.2) is 51.4 Å². The molecule has 20 heavy (non-hydrogen) atoms. The first-order valence-electron chi connectivity index (χ1n) is 6.14. The monoisotopic (exact) mass is 391 g/mol. The number of fused-ring (bicyclic) bond motifs is 1. The Balaban J connectivity index is 2.20. The van der Waals surface area contributed by atoms with Crippen molar-refractivity contribution in [3.8, 4) is 0 Å². The number of carbonyl (C=O) groups is 1. The molecule has 3 aromatic rings. The maximum Gasteiger partial charge on any atom is 0.195 e. The number of aromatic amines is 1. The molecule has 3 rings (SSSR count). The predicted molar refractivity (Wildman–Crippen MR) is 88.3 cm³/mol. The lowest BCUT2D eigenvalue weighted by Gasteiger charge is -2.03. The molecular formula is C16H11Br2NO. The molecule has 1 N–H and O–H groups in total. The molecule has 0 aliphatic carbocycles. The van der Waals surface area contributed by atoms with Crippen molar-refractivity contribution in [3.05, 3.63) is 68.2 Å². The summed E-state index contributed by atoms with van der Waals surface area (Å²) in [5, 5.41) is 0.964. The lowest BCUT2D eigenvalue weighted by Crippen LogP contribution is -2.02. The van der Waals surface area contributed by atoms with Crippen LogP contribution in [0.5, 0.6) is 0 Å². The van der Waals surface area contributed by atoms with E-state index >= 15 is 0 Å². The van der Waals surface area contributed by atoms with Gasteiger partial charge in [0.1, 0.15) is 0 Å². The molecule has 0 atom stereocenters. The summed E-state index contributed by atoms with van der Waals surface area (Å²) in [4.78, 5) is 16.0. The van der Waals surface area contributed by atoms with Crippen molar-refractivity contribution in [1.29, 1.82) is 0 Å². The fraction of sp³-hybridized carbons (Fsp3) is 0.0625. The van der Waals surface area contributed by atoms with Gasteiger partial charge in [-0.3, -0.25) is 4.79 Å². The number of H-pyrrole nitrogens is 1. The average Bonchev–Trinajstić information content (AvgIpc) is 2.72. The van der Waals surface area contributed by atoms with Crippen molar-refractivity contribution < 1.29 is 4.79 Å². The number of hydrogen-bond acceptors (Lipinski definition) is 1. The number of para-hydroxylation sites is 1. The molecule has 0 fully saturated rings. The Bertz CT molecular complexity index is 800. The second-order valence-electron chi connectivity index (χ2n) is 4.66. The van der Waals surface area contributed by atoms with Gasteiger partial charge < -0.3 is 4.98 Å². The molecule has 0 aliphatic heterocycles. The summed E-state index contributed by atoms with van der Waals surface area (Å²) in [6.45, 7) is 1.93. The summed E-state index contributed by atoms with van der Waals surface area (Å²) >= 11 is 6.85. The van der Waals surface area contributed by atoms with E-state index < -0.39 is 0 Å². The van der Waals surface area contributed by atoms with Gasteiger partial charge in [0.05, 0.1) is 5.56 Å². The fourth-order valence-electron chi connectivity index (χ4n) is 2.40. The summed E-state index contributed by atoms with van der Waals surface area (Å²) in [6.07, 6.45) is 0. The standard InChI is InChI=1S/C16H11Br2NO/c1-9-15(13-4-2-3-5-14(13)19-9)16(20)10-6-11(17)8-12(18)7-10/h2-8,19H,1H3. The quantitative estimate of drug-likeness (QED) is 0.595. The Morgan fingerprint density at radius 3 is 2.40 bits per heavy atom. The molecule has 0 amide bonds. The zero-order valence-electron chi connectivity index (χ0n) is 10.7. The van der Waals surface area contributed by atoms with Crippen LogP contribution in [0.2, 0.25) is 0 Å². The largest absolute Gasteiger partial charge is 0.358 e. The Morgan fingerprint density at radius 1 is 1.05 bits per heavy atom. The van der Waals surface area contributed by atoms with E-state index in [0.29, 0.717) is 5.56 Å². The molecule has 1 heterocycles. The second kappa shape index (κ2) is 5.19. The molecule has 2 nitrogen and oxygen atoms in total. The van der Waals surface area contributed by atoms with Crippen molar-refractivity contribution in [1.82, 2.24) is 4.98 Å². The van der Waals surface area contributed by atoms with Gasteiger partial charge in [0.15, 0.2) is 5.78 Å². The van der Waals surface area contributed by atoms with E-state index in [4.69, 9.17) is 0 Å². The smallest absolute Gasteiger partial charge is 0.195 e. The third-order valence-electron chi connectivity index (χ3n) is 3.25. The maximum atomic E-state index is 12.8. The highest BCUT2D eigenvalue weighted by atomic mass is 79.9. The summed E-state index contributed by atoms with van der Waals surface area (Å²) in [6, 6.07) is 13.5. The molecule has 0 aliphatic rings. The Morgan fingerprint density at radius 2 is 1.70 bits per heavy atom. The minimum absolute atomic E-state index is 0.0296. The number of carbonyl (C=O) groups excluding carboxylic acids is 1. The van der Waals surface area contributed by atoms with E-state index in [1.54, 1.807) is 0 Å². The van der Waals surface area contributed by atoms with Gasteiger partial charge in [-0.2, -0.15) is 0 Å². The number of hydrogen-bond donors (Lipinski definition) is 1. The number of halogens is 2. The van der Waals surface area contributed by atoms with Crippen LogP contribution in [0.1, 0.15) is 21.6 Å². The molecule has 0 unspecified atom stereocenters. The Hall–Kier alpha value is -1.39. The summed E-state index contributed by atoms with van der Waals surface area (Å²) in [5.74, 6) is 0.0296. The van der Waals surface area contributed by atoms with E-state index in [1.165, 1.54) is 0 Å². The van der Waals surface area contributed by atoms with Crippen LogP contribution in [0.25, 0.3) is 10.9 Å². The molecule has 0 spiro atoms. The first kappa shape index (κ1) is 13.6. The topological polar surface area (TPSA) is 32.9 Å². The number of nitrogens with one attached hydrogen (secondary N) is 1. The Labute approximate surface area is 133 Å². The Kier molecular flexibility index (Phi) is 3.52. The molecule has 100 valence electrons. The third kappa shape index (κ3) is 2.34. The number of rotatable bonds is 2. The maximum absolute atomic E-state index is 12.8. The average molecular weight is 393 g/mol. The number of ketones is 1. The summed E-state index contributed by atoms with van der Waals surface area (Å²) in [5.41, 5.74) is 3.29. The van der Waals surface area contributed by atoms with Gasteiger partial charge in [-0.05, 0) is 31.2 Å². The lowest BCUT2D eigenvalue weighted by atomic mass is 10.0. The molecule has 0 radical (unpaired) electrons. The highest BCUT2D eigenvalue weighted by Gasteiger charge is 2.18. The highest BCUT2D eigenvalue weighted by Crippen LogP contribution is 2.27. The van der Waals surface area contributed by atoms with Crippen LogP contribution in [0, 0.1) is 6.92 Å². The van der Waals surface area contributed by atoms with E-state index in [-0.39, 0.29) is 5.78 Å². The molecule has 1 aromatic heterocycles. The van der Waals surface area contributed by atoms with Crippen LogP contribution in [0.4, 0.5) is 0 Å². The number of aryl methyl sites for hydroxylation is 1. The van der Waals surface area contributed by atoms with Crippen molar-refractivity contribution >= 4 is 48.5 Å². The van der Waals surface area contributed by atoms with Gasteiger partial charge in [-0.15, -0.1) is 0 Å². The van der Waals surface area contributed by atoms with Gasteiger partial charge in [-0.1, -0.05) is 50.1 Å².